The van der Waals surface area contributed by atoms with Crippen molar-refractivity contribution in [2.75, 3.05) is 6.61 Å². The molecular formula is C25H36N4O5. The van der Waals surface area contributed by atoms with Crippen molar-refractivity contribution < 1.29 is 23.9 Å². The molecule has 0 bridgehead atoms. The number of rotatable bonds is 7. The van der Waals surface area contributed by atoms with E-state index in [9.17, 15) is 14.4 Å². The average Bonchev–Trinajstić information content (AvgIpc) is 3.56. The second-order valence-electron chi connectivity index (χ2n) is 9.96. The topological polar surface area (TPSA) is 110 Å². The van der Waals surface area contributed by atoms with Crippen molar-refractivity contribution in [3.63, 3.8) is 0 Å². The number of aliphatic imine (C=N–C) groups is 1. The fourth-order valence-electron chi connectivity index (χ4n) is 4.47. The Morgan fingerprint density at radius 3 is 2.56 bits per heavy atom. The van der Waals surface area contributed by atoms with E-state index in [1.165, 1.54) is 4.90 Å². The standard InChI is InChI=1S/C25H36N4O5/c1-7-25(8-2)14-19(30)29(22(28-25)27-23(32)34-24(4,5)6)20(16-11-10-12-26-15-16)17-13-18(17)21(31)33-9-3/h10-12,15,17-18,20H,7-9,13-14H2,1-6H3,(H,27,28,32). The molecule has 1 saturated heterocycles. The van der Waals surface area contributed by atoms with Crippen LogP contribution in [0, 0.1) is 11.8 Å². The van der Waals surface area contributed by atoms with Crippen LogP contribution in [-0.2, 0) is 19.1 Å². The molecule has 3 rings (SSSR count). The molecule has 0 radical (unpaired) electrons. The highest BCUT2D eigenvalue weighted by Gasteiger charge is 2.54. The minimum Gasteiger partial charge on any atom is -0.466 e. The first-order valence-electron chi connectivity index (χ1n) is 12.0. The number of amides is 2. The van der Waals surface area contributed by atoms with E-state index in [1.54, 1.807) is 46.2 Å². The molecule has 0 spiro atoms. The van der Waals surface area contributed by atoms with Crippen molar-refractivity contribution in [2.45, 2.75) is 84.4 Å². The Balaban J connectivity index is 2.05. The summed E-state index contributed by atoms with van der Waals surface area (Å²) < 4.78 is 10.7. The molecule has 1 aliphatic carbocycles. The van der Waals surface area contributed by atoms with Gasteiger partial charge in [-0.3, -0.25) is 19.5 Å². The van der Waals surface area contributed by atoms with Gasteiger partial charge in [0, 0.05) is 17.9 Å². The average molecular weight is 473 g/mol. The van der Waals surface area contributed by atoms with Crippen molar-refractivity contribution in [1.82, 2.24) is 15.2 Å². The number of carbonyl (C=O) groups is 3. The number of nitrogens with one attached hydrogen (secondary N) is 1. The summed E-state index contributed by atoms with van der Waals surface area (Å²) in [5, 5.41) is 3.38. The maximum atomic E-state index is 13.7. The van der Waals surface area contributed by atoms with Crippen LogP contribution in [0.15, 0.2) is 29.5 Å². The smallest absolute Gasteiger partial charge is 0.437 e. The Morgan fingerprint density at radius 2 is 2.00 bits per heavy atom. The summed E-state index contributed by atoms with van der Waals surface area (Å²) in [6, 6.07) is 3.15. The first kappa shape index (κ1) is 25.6. The van der Waals surface area contributed by atoms with E-state index < -0.39 is 23.3 Å². The highest BCUT2D eigenvalue weighted by atomic mass is 16.6. The first-order valence-corrected chi connectivity index (χ1v) is 12.0. The minimum atomic E-state index is -0.779. The van der Waals surface area contributed by atoms with E-state index >= 15 is 0 Å². The number of ether oxygens (including phenoxy) is 2. The van der Waals surface area contributed by atoms with Gasteiger partial charge < -0.3 is 14.8 Å². The zero-order valence-electron chi connectivity index (χ0n) is 21.0. The third kappa shape index (κ3) is 5.74. The van der Waals surface area contributed by atoms with Crippen LogP contribution in [0.3, 0.4) is 0 Å². The van der Waals surface area contributed by atoms with Gasteiger partial charge in [0.15, 0.2) is 0 Å². The van der Waals surface area contributed by atoms with E-state index in [0.29, 0.717) is 25.9 Å². The van der Waals surface area contributed by atoms with Crippen LogP contribution in [0.25, 0.3) is 0 Å². The molecule has 0 aromatic carbocycles. The summed E-state index contributed by atoms with van der Waals surface area (Å²) >= 11 is 0. The van der Waals surface area contributed by atoms with Crippen molar-refractivity contribution in [1.29, 1.82) is 0 Å². The first-order chi connectivity index (χ1) is 16.0. The fraction of sp³-hybridized carbons (Fsp3) is 0.640. The Bertz CT molecular complexity index is 936. The lowest BCUT2D eigenvalue weighted by Gasteiger charge is -2.45. The predicted octanol–water partition coefficient (Wildman–Crippen LogP) is 3.99. The molecule has 1 saturated carbocycles. The summed E-state index contributed by atoms with van der Waals surface area (Å²) in [6.07, 6.45) is 4.76. The van der Waals surface area contributed by atoms with E-state index in [2.05, 4.69) is 15.3 Å². The van der Waals surface area contributed by atoms with E-state index in [1.807, 2.05) is 19.9 Å². The van der Waals surface area contributed by atoms with Crippen LogP contribution >= 0.6 is 0 Å². The van der Waals surface area contributed by atoms with Crippen molar-refractivity contribution in [2.24, 2.45) is 16.8 Å². The number of hydrogen-bond acceptors (Lipinski definition) is 6. The number of pyridine rings is 1. The van der Waals surface area contributed by atoms with E-state index in [0.717, 1.165) is 5.56 Å². The number of carbonyl (C=O) groups excluding carboxylic acids is 3. The van der Waals surface area contributed by atoms with Crippen LogP contribution in [0.1, 0.15) is 78.8 Å². The third-order valence-electron chi connectivity index (χ3n) is 6.45. The largest absolute Gasteiger partial charge is 0.466 e. The molecule has 1 N–H and O–H groups in total. The molecule has 2 amide bonds. The Hall–Kier alpha value is -2.97. The van der Waals surface area contributed by atoms with Crippen molar-refractivity contribution in [3.05, 3.63) is 30.1 Å². The molecule has 2 fully saturated rings. The van der Waals surface area contributed by atoms with E-state index in [-0.39, 0.29) is 36.1 Å². The summed E-state index contributed by atoms with van der Waals surface area (Å²) in [7, 11) is 0. The molecule has 2 heterocycles. The maximum absolute atomic E-state index is 13.7. The lowest BCUT2D eigenvalue weighted by atomic mass is 9.85. The number of aromatic nitrogens is 1. The molecule has 1 aromatic heterocycles. The highest BCUT2D eigenvalue weighted by Crippen LogP contribution is 2.51. The lowest BCUT2D eigenvalue weighted by Crippen LogP contribution is -2.63. The maximum Gasteiger partial charge on any atom is 0.437 e. The normalized spacial score (nSPS) is 23.8. The van der Waals surface area contributed by atoms with Gasteiger partial charge in [-0.15, -0.1) is 4.99 Å². The van der Waals surface area contributed by atoms with E-state index in [4.69, 9.17) is 9.47 Å². The summed E-state index contributed by atoms with van der Waals surface area (Å²) in [5.74, 6) is -0.787. The molecule has 3 atom stereocenters. The van der Waals surface area contributed by atoms with Crippen LogP contribution in [-0.4, -0.2) is 51.6 Å². The molecule has 1 aromatic rings. The number of esters is 1. The van der Waals surface area contributed by atoms with Crippen molar-refractivity contribution in [3.8, 4) is 0 Å². The quantitative estimate of drug-likeness (QED) is 0.597. The molecule has 3 unspecified atom stereocenters. The predicted molar refractivity (Wildman–Crippen MR) is 127 cm³/mol. The Kier molecular flexibility index (Phi) is 7.63. The van der Waals surface area contributed by atoms with Crippen LogP contribution < -0.4 is 5.32 Å². The third-order valence-corrected chi connectivity index (χ3v) is 6.45. The minimum absolute atomic E-state index is 0.151. The zero-order chi connectivity index (χ0) is 25.1. The Morgan fingerprint density at radius 1 is 1.29 bits per heavy atom. The van der Waals surface area contributed by atoms with Gasteiger partial charge >= 0.3 is 12.1 Å². The molecule has 9 heteroatoms. The molecule has 2 aliphatic rings. The summed E-state index contributed by atoms with van der Waals surface area (Å²) in [6.45, 7) is 11.4. The molecule has 1 aliphatic heterocycles. The van der Waals surface area contributed by atoms with Gasteiger partial charge in [0.2, 0.25) is 11.9 Å². The molecule has 9 nitrogen and oxygen atoms in total. The summed E-state index contributed by atoms with van der Waals surface area (Å²) in [5.41, 5.74) is -0.476. The second-order valence-corrected chi connectivity index (χ2v) is 9.96. The van der Waals surface area contributed by atoms with Crippen LogP contribution in [0.4, 0.5) is 4.79 Å². The number of hydrogen-bond donors (Lipinski definition) is 1. The highest BCUT2D eigenvalue weighted by molar-refractivity contribution is 6.04. The number of guanidine groups is 1. The van der Waals surface area contributed by atoms with Crippen LogP contribution in [0.5, 0.6) is 0 Å². The van der Waals surface area contributed by atoms with Gasteiger partial charge in [0.1, 0.15) is 5.60 Å². The Labute approximate surface area is 201 Å². The SMILES string of the molecule is CCOC(=O)C1CC1C(c1cccnc1)N1C(=O)CC(CC)(CC)N/C1=N\C(=O)OC(C)(C)C. The zero-order valence-corrected chi connectivity index (χ0v) is 21.0. The molecule has 186 valence electrons. The van der Waals surface area contributed by atoms with Gasteiger partial charge in [-0.1, -0.05) is 19.9 Å². The molecular weight excluding hydrogens is 436 g/mol. The van der Waals surface area contributed by atoms with Gasteiger partial charge in [0.25, 0.3) is 0 Å². The van der Waals surface area contributed by atoms with Gasteiger partial charge in [-0.05, 0) is 64.5 Å². The number of nitrogens with zero attached hydrogens (tertiary/aromatic N) is 3. The molecule has 34 heavy (non-hydrogen) atoms. The fourth-order valence-corrected chi connectivity index (χ4v) is 4.47. The second kappa shape index (κ2) is 10.1. The van der Waals surface area contributed by atoms with Gasteiger partial charge in [0.05, 0.1) is 25.0 Å². The van der Waals surface area contributed by atoms with Gasteiger partial charge in [-0.25, -0.2) is 4.79 Å². The van der Waals surface area contributed by atoms with Crippen molar-refractivity contribution >= 4 is 23.9 Å². The van der Waals surface area contributed by atoms with Gasteiger partial charge in [-0.2, -0.15) is 0 Å². The van der Waals surface area contributed by atoms with Crippen LogP contribution in [0.2, 0.25) is 0 Å². The monoisotopic (exact) mass is 472 g/mol. The lowest BCUT2D eigenvalue weighted by molar-refractivity contribution is -0.145. The summed E-state index contributed by atoms with van der Waals surface area (Å²) in [4.78, 5) is 48.8.